The maximum Gasteiger partial charge on any atom is 0.347 e. The van der Waals surface area contributed by atoms with Gasteiger partial charge in [-0.25, -0.2) is 9.86 Å². The summed E-state index contributed by atoms with van der Waals surface area (Å²) in [6.07, 6.45) is -2.40. The molecule has 1 amide bonds. The summed E-state index contributed by atoms with van der Waals surface area (Å²) in [4.78, 5) is 61.9. The molecule has 1 aromatic rings. The molecule has 0 radical (unpaired) electrons. The lowest BCUT2D eigenvalue weighted by molar-refractivity contribution is -0.279. The van der Waals surface area contributed by atoms with E-state index in [1.807, 2.05) is 0 Å². The summed E-state index contributed by atoms with van der Waals surface area (Å²) in [5.74, 6) is -3.50. The molecule has 3 N–H and O–H groups in total. The van der Waals surface area contributed by atoms with Gasteiger partial charge in [0.2, 0.25) is 11.9 Å². The molecule has 1 aromatic heterocycles. The Morgan fingerprint density at radius 1 is 1.33 bits per heavy atom. The summed E-state index contributed by atoms with van der Waals surface area (Å²) in [6.45, 7) is 7.49. The van der Waals surface area contributed by atoms with Gasteiger partial charge in [0.25, 0.3) is 5.91 Å². The number of anilines is 1. The zero-order valence-electron chi connectivity index (χ0n) is 17.1. The monoisotopic (exact) mass is 441 g/mol. The Balaban J connectivity index is 2.19. The SMILES string of the molecule is CC(=O)C(C)ON1C(=O)[C@@H](CC(=O)/C(=N\OC(C)C(=O)O)c2nsc(N)n2)C1(C)C. The van der Waals surface area contributed by atoms with Crippen molar-refractivity contribution in [1.29, 1.82) is 0 Å². The van der Waals surface area contributed by atoms with Crippen molar-refractivity contribution in [3.63, 3.8) is 0 Å². The number of Topliss-reactive ketones (excluding diaryl/α,β-unsaturated/α-hetero) is 2. The van der Waals surface area contributed by atoms with Crippen LogP contribution in [0.3, 0.4) is 0 Å². The number of carboxylic acid groups (broad SMARTS) is 1. The molecule has 0 bridgehead atoms. The molecule has 1 fully saturated rings. The fraction of sp³-hybridized carbons (Fsp3) is 0.588. The molecule has 0 spiro atoms. The highest BCUT2D eigenvalue weighted by atomic mass is 32.1. The van der Waals surface area contributed by atoms with Gasteiger partial charge in [-0.3, -0.25) is 19.2 Å². The van der Waals surface area contributed by atoms with Crippen LogP contribution in [-0.4, -0.2) is 66.4 Å². The summed E-state index contributed by atoms with van der Waals surface area (Å²) in [7, 11) is 0. The number of rotatable bonds is 10. The van der Waals surface area contributed by atoms with E-state index >= 15 is 0 Å². The molecule has 3 atom stereocenters. The van der Waals surface area contributed by atoms with Crippen molar-refractivity contribution < 1.29 is 34.0 Å². The van der Waals surface area contributed by atoms with Crippen molar-refractivity contribution in [3.05, 3.63) is 5.82 Å². The third kappa shape index (κ3) is 4.79. The van der Waals surface area contributed by atoms with Crippen LogP contribution in [0.1, 0.15) is 46.9 Å². The average molecular weight is 441 g/mol. The van der Waals surface area contributed by atoms with Gasteiger partial charge in [-0.15, -0.1) is 0 Å². The number of hydrogen-bond acceptors (Lipinski definition) is 11. The van der Waals surface area contributed by atoms with Gasteiger partial charge in [0.15, 0.2) is 22.4 Å². The topological polar surface area (TPSA) is 174 Å². The number of aliphatic carboxylic acids is 1. The largest absolute Gasteiger partial charge is 0.478 e. The summed E-state index contributed by atoms with van der Waals surface area (Å²) >= 11 is 0.824. The molecule has 0 aromatic carbocycles. The minimum Gasteiger partial charge on any atom is -0.478 e. The molecule has 13 heteroatoms. The fourth-order valence-corrected chi connectivity index (χ4v) is 3.00. The lowest BCUT2D eigenvalue weighted by atomic mass is 9.74. The highest BCUT2D eigenvalue weighted by Gasteiger charge is 2.56. The van der Waals surface area contributed by atoms with E-state index in [0.717, 1.165) is 16.6 Å². The van der Waals surface area contributed by atoms with Gasteiger partial charge < -0.3 is 15.7 Å². The first kappa shape index (κ1) is 23.3. The van der Waals surface area contributed by atoms with Crippen molar-refractivity contribution in [2.45, 2.75) is 58.8 Å². The zero-order valence-corrected chi connectivity index (χ0v) is 17.9. The molecule has 2 unspecified atom stereocenters. The first-order valence-electron chi connectivity index (χ1n) is 8.96. The molecule has 1 aliphatic heterocycles. The Labute approximate surface area is 176 Å². The molecular weight excluding hydrogens is 418 g/mol. The Morgan fingerprint density at radius 3 is 2.43 bits per heavy atom. The summed E-state index contributed by atoms with van der Waals surface area (Å²) in [6, 6.07) is 0. The summed E-state index contributed by atoms with van der Waals surface area (Å²) in [5.41, 5.74) is 4.35. The van der Waals surface area contributed by atoms with Crippen LogP contribution in [0.4, 0.5) is 5.13 Å². The number of β-lactam (4-membered cyclic amide) rings is 1. The van der Waals surface area contributed by atoms with Crippen molar-refractivity contribution in [2.24, 2.45) is 11.1 Å². The molecule has 12 nitrogen and oxygen atoms in total. The minimum absolute atomic E-state index is 0.0784. The Morgan fingerprint density at radius 2 is 1.97 bits per heavy atom. The zero-order chi connectivity index (χ0) is 22.8. The molecule has 30 heavy (non-hydrogen) atoms. The first-order chi connectivity index (χ1) is 13.9. The number of oxime groups is 1. The van der Waals surface area contributed by atoms with Crippen LogP contribution >= 0.6 is 11.5 Å². The van der Waals surface area contributed by atoms with Crippen molar-refractivity contribution in [2.75, 3.05) is 5.73 Å². The quantitative estimate of drug-likeness (QED) is 0.294. The maximum atomic E-state index is 12.9. The van der Waals surface area contributed by atoms with E-state index in [9.17, 15) is 19.2 Å². The molecule has 164 valence electrons. The molecular formula is C17H23N5O7S. The van der Waals surface area contributed by atoms with Gasteiger partial charge in [0.05, 0.1) is 11.5 Å². The summed E-state index contributed by atoms with van der Waals surface area (Å²) < 4.78 is 3.91. The minimum atomic E-state index is -1.32. The standard InChI is InChI=1S/C17H23N5O7S/c1-7(23)8(2)29-22-14(25)10(17(22,4)5)6-11(24)12(13-19-16(18)30-21-13)20-28-9(3)15(26)27/h8-10H,6H2,1-5H3,(H,26,27)(H2,18,19,21)/b20-12+/t8?,9?,10-/m1/s1. The fourth-order valence-electron chi connectivity index (χ4n) is 2.57. The number of hydroxylamine groups is 2. The molecule has 1 aliphatic rings. The number of amides is 1. The van der Waals surface area contributed by atoms with E-state index in [4.69, 9.17) is 20.5 Å². The number of hydrogen-bond donors (Lipinski definition) is 2. The van der Waals surface area contributed by atoms with Crippen molar-refractivity contribution in [1.82, 2.24) is 14.4 Å². The summed E-state index contributed by atoms with van der Waals surface area (Å²) in [5, 5.41) is 13.7. The third-order valence-corrected chi connectivity index (χ3v) is 5.21. The second-order valence-corrected chi connectivity index (χ2v) is 8.09. The second kappa shape index (κ2) is 8.83. The molecule has 0 saturated carbocycles. The number of nitrogens with two attached hydrogens (primary N) is 1. The van der Waals surface area contributed by atoms with E-state index in [0.29, 0.717) is 0 Å². The van der Waals surface area contributed by atoms with Gasteiger partial charge in [0, 0.05) is 18.0 Å². The maximum absolute atomic E-state index is 12.9. The molecule has 1 saturated heterocycles. The molecule has 2 rings (SSSR count). The third-order valence-electron chi connectivity index (χ3n) is 4.67. The van der Waals surface area contributed by atoms with E-state index in [1.165, 1.54) is 20.8 Å². The number of carbonyl (C=O) groups excluding carboxylic acids is 3. The van der Waals surface area contributed by atoms with Gasteiger partial charge in [0.1, 0.15) is 6.10 Å². The predicted molar refractivity (Wildman–Crippen MR) is 104 cm³/mol. The second-order valence-electron chi connectivity index (χ2n) is 7.31. The Kier molecular flexibility index (Phi) is 6.87. The van der Waals surface area contributed by atoms with Gasteiger partial charge in [-0.1, -0.05) is 5.16 Å². The van der Waals surface area contributed by atoms with Gasteiger partial charge in [-0.05, 0) is 34.6 Å². The number of aromatic nitrogens is 2. The highest BCUT2D eigenvalue weighted by Crippen LogP contribution is 2.40. The first-order valence-corrected chi connectivity index (χ1v) is 9.74. The molecule has 2 heterocycles. The Hall–Kier alpha value is -2.93. The normalized spacial score (nSPS) is 20.3. The van der Waals surface area contributed by atoms with E-state index in [2.05, 4.69) is 14.5 Å². The van der Waals surface area contributed by atoms with Crippen molar-refractivity contribution in [3.8, 4) is 0 Å². The van der Waals surface area contributed by atoms with Crippen LogP contribution < -0.4 is 5.73 Å². The average Bonchev–Trinajstić information content (AvgIpc) is 3.09. The number of ketones is 2. The number of nitrogens with zero attached hydrogens (tertiary/aromatic N) is 4. The van der Waals surface area contributed by atoms with Crippen LogP contribution in [0.25, 0.3) is 0 Å². The van der Waals surface area contributed by atoms with Crippen LogP contribution in [0.15, 0.2) is 5.16 Å². The lowest BCUT2D eigenvalue weighted by Crippen LogP contribution is -2.68. The number of carboxylic acids is 1. The van der Waals surface area contributed by atoms with Crippen LogP contribution in [0.5, 0.6) is 0 Å². The van der Waals surface area contributed by atoms with Crippen LogP contribution in [0.2, 0.25) is 0 Å². The number of nitrogen functional groups attached to an aromatic ring is 1. The number of carbonyl (C=O) groups is 4. The van der Waals surface area contributed by atoms with Crippen LogP contribution in [0, 0.1) is 5.92 Å². The molecule has 0 aliphatic carbocycles. The predicted octanol–water partition coefficient (Wildman–Crippen LogP) is 0.419. The van der Waals surface area contributed by atoms with Crippen molar-refractivity contribution >= 4 is 45.8 Å². The van der Waals surface area contributed by atoms with E-state index < -0.39 is 41.3 Å². The lowest BCUT2D eigenvalue weighted by Gasteiger charge is -2.52. The van der Waals surface area contributed by atoms with E-state index in [1.54, 1.807) is 13.8 Å². The van der Waals surface area contributed by atoms with Gasteiger partial charge >= 0.3 is 5.97 Å². The van der Waals surface area contributed by atoms with Gasteiger partial charge in [-0.2, -0.15) is 9.36 Å². The van der Waals surface area contributed by atoms with E-state index in [-0.39, 0.29) is 28.9 Å². The van der Waals surface area contributed by atoms with Crippen LogP contribution in [-0.2, 0) is 28.9 Å². The highest BCUT2D eigenvalue weighted by molar-refractivity contribution is 7.09. The smallest absolute Gasteiger partial charge is 0.347 e. The Bertz CT molecular complexity index is 897.